The standard InChI is InChI=1S/C17H17N3O2/c1-22-14-4-5-16-15(9-14)12(11-20-16)6-8-19-17(21)13-3-2-7-18-10-13/h2-5,7,9-11,20H,6,8H2,1H3,(H,19,21). The highest BCUT2D eigenvalue weighted by atomic mass is 16.5. The molecule has 0 aliphatic carbocycles. The Hall–Kier alpha value is -2.82. The molecule has 2 aromatic heterocycles. The molecule has 3 rings (SSSR count). The Balaban J connectivity index is 1.65. The third kappa shape index (κ3) is 2.93. The van der Waals surface area contributed by atoms with E-state index in [4.69, 9.17) is 4.74 Å². The van der Waals surface area contributed by atoms with E-state index in [1.54, 1.807) is 31.6 Å². The number of ether oxygens (including phenoxy) is 1. The number of nitrogens with zero attached hydrogens (tertiary/aromatic N) is 1. The molecule has 0 saturated heterocycles. The van der Waals surface area contributed by atoms with Gasteiger partial charge in [-0.15, -0.1) is 0 Å². The summed E-state index contributed by atoms with van der Waals surface area (Å²) < 4.78 is 5.26. The lowest BCUT2D eigenvalue weighted by Crippen LogP contribution is -2.25. The maximum atomic E-state index is 12.0. The predicted octanol–water partition coefficient (Wildman–Crippen LogP) is 2.54. The molecule has 2 heterocycles. The first-order valence-electron chi connectivity index (χ1n) is 7.10. The second-order valence-electron chi connectivity index (χ2n) is 4.97. The van der Waals surface area contributed by atoms with E-state index in [1.165, 1.54) is 0 Å². The zero-order chi connectivity index (χ0) is 15.4. The third-order valence-corrected chi connectivity index (χ3v) is 3.58. The van der Waals surface area contributed by atoms with Gasteiger partial charge in [-0.25, -0.2) is 0 Å². The quantitative estimate of drug-likeness (QED) is 0.760. The molecule has 1 aromatic carbocycles. The van der Waals surface area contributed by atoms with Crippen molar-refractivity contribution in [2.75, 3.05) is 13.7 Å². The summed E-state index contributed by atoms with van der Waals surface area (Å²) in [5, 5.41) is 4.03. The van der Waals surface area contributed by atoms with Crippen molar-refractivity contribution in [3.05, 3.63) is 60.0 Å². The van der Waals surface area contributed by atoms with Crippen LogP contribution in [0.25, 0.3) is 10.9 Å². The number of benzene rings is 1. The van der Waals surface area contributed by atoms with Crippen molar-refractivity contribution in [1.82, 2.24) is 15.3 Å². The van der Waals surface area contributed by atoms with E-state index in [0.29, 0.717) is 12.1 Å². The van der Waals surface area contributed by atoms with Crippen LogP contribution in [0.4, 0.5) is 0 Å². The second-order valence-corrected chi connectivity index (χ2v) is 4.97. The number of aromatic amines is 1. The van der Waals surface area contributed by atoms with Gasteiger partial charge in [0.1, 0.15) is 5.75 Å². The average molecular weight is 295 g/mol. The smallest absolute Gasteiger partial charge is 0.252 e. The molecule has 0 spiro atoms. The Kier molecular flexibility index (Phi) is 4.05. The van der Waals surface area contributed by atoms with Gasteiger partial charge in [-0.05, 0) is 42.3 Å². The van der Waals surface area contributed by atoms with Gasteiger partial charge in [-0.1, -0.05) is 0 Å². The molecule has 0 aliphatic heterocycles. The molecule has 0 fully saturated rings. The predicted molar refractivity (Wildman–Crippen MR) is 85.1 cm³/mol. The molecule has 2 N–H and O–H groups in total. The number of nitrogens with one attached hydrogen (secondary N) is 2. The summed E-state index contributed by atoms with van der Waals surface area (Å²) >= 11 is 0. The molecule has 1 amide bonds. The van der Waals surface area contributed by atoms with Crippen molar-refractivity contribution in [3.63, 3.8) is 0 Å². The van der Waals surface area contributed by atoms with Crippen LogP contribution in [0.1, 0.15) is 15.9 Å². The average Bonchev–Trinajstić information content (AvgIpc) is 2.98. The minimum Gasteiger partial charge on any atom is -0.497 e. The van der Waals surface area contributed by atoms with Crippen molar-refractivity contribution in [1.29, 1.82) is 0 Å². The number of carbonyl (C=O) groups is 1. The summed E-state index contributed by atoms with van der Waals surface area (Å²) in [4.78, 5) is 19.1. The van der Waals surface area contributed by atoms with Crippen LogP contribution in [-0.4, -0.2) is 29.5 Å². The highest BCUT2D eigenvalue weighted by Crippen LogP contribution is 2.23. The van der Waals surface area contributed by atoms with E-state index < -0.39 is 0 Å². The van der Waals surface area contributed by atoms with E-state index in [0.717, 1.165) is 28.6 Å². The molecule has 0 unspecified atom stereocenters. The fraction of sp³-hybridized carbons (Fsp3) is 0.176. The first kappa shape index (κ1) is 14.1. The van der Waals surface area contributed by atoms with Crippen LogP contribution in [0.3, 0.4) is 0 Å². The monoisotopic (exact) mass is 295 g/mol. The van der Waals surface area contributed by atoms with E-state index in [2.05, 4.69) is 15.3 Å². The number of hydrogen-bond acceptors (Lipinski definition) is 3. The Bertz CT molecular complexity index is 781. The van der Waals surface area contributed by atoms with Gasteiger partial charge in [-0.2, -0.15) is 0 Å². The first-order valence-corrected chi connectivity index (χ1v) is 7.10. The normalized spacial score (nSPS) is 10.6. The summed E-state index contributed by atoms with van der Waals surface area (Å²) in [6.07, 6.45) is 5.93. The maximum Gasteiger partial charge on any atom is 0.252 e. The topological polar surface area (TPSA) is 67.0 Å². The fourth-order valence-corrected chi connectivity index (χ4v) is 2.40. The lowest BCUT2D eigenvalue weighted by Gasteiger charge is -2.05. The van der Waals surface area contributed by atoms with Crippen LogP contribution in [0, 0.1) is 0 Å². The molecule has 3 aromatic rings. The number of carbonyl (C=O) groups excluding carboxylic acids is 1. The highest BCUT2D eigenvalue weighted by Gasteiger charge is 2.07. The van der Waals surface area contributed by atoms with Gasteiger partial charge in [0.05, 0.1) is 12.7 Å². The fourth-order valence-electron chi connectivity index (χ4n) is 2.40. The molecule has 5 heteroatoms. The van der Waals surface area contributed by atoms with Crippen molar-refractivity contribution < 1.29 is 9.53 Å². The summed E-state index contributed by atoms with van der Waals surface area (Å²) in [6, 6.07) is 9.42. The summed E-state index contributed by atoms with van der Waals surface area (Å²) in [5.41, 5.74) is 2.79. The number of aromatic nitrogens is 2. The largest absolute Gasteiger partial charge is 0.497 e. The molecule has 0 radical (unpaired) electrons. The number of rotatable bonds is 5. The molecular weight excluding hydrogens is 278 g/mol. The molecule has 0 aliphatic rings. The molecular formula is C17H17N3O2. The molecule has 0 bridgehead atoms. The summed E-state index contributed by atoms with van der Waals surface area (Å²) in [6.45, 7) is 0.567. The van der Waals surface area contributed by atoms with Gasteiger partial charge in [0, 0.05) is 36.0 Å². The van der Waals surface area contributed by atoms with Crippen molar-refractivity contribution in [2.45, 2.75) is 6.42 Å². The van der Waals surface area contributed by atoms with E-state index in [-0.39, 0.29) is 5.91 Å². The van der Waals surface area contributed by atoms with Crippen LogP contribution >= 0.6 is 0 Å². The first-order chi connectivity index (χ1) is 10.8. The van der Waals surface area contributed by atoms with Crippen LogP contribution in [0.15, 0.2) is 48.9 Å². The van der Waals surface area contributed by atoms with E-state index in [9.17, 15) is 4.79 Å². The number of methoxy groups -OCH3 is 1. The molecule has 0 atom stereocenters. The molecule has 5 nitrogen and oxygen atoms in total. The number of H-pyrrole nitrogens is 1. The van der Waals surface area contributed by atoms with Crippen molar-refractivity contribution in [3.8, 4) is 5.75 Å². The van der Waals surface area contributed by atoms with Crippen molar-refractivity contribution >= 4 is 16.8 Å². The maximum absolute atomic E-state index is 12.0. The van der Waals surface area contributed by atoms with Gasteiger partial charge in [0.25, 0.3) is 5.91 Å². The molecule has 112 valence electrons. The Morgan fingerprint density at radius 1 is 1.36 bits per heavy atom. The van der Waals surface area contributed by atoms with Gasteiger partial charge in [-0.3, -0.25) is 9.78 Å². The minimum absolute atomic E-state index is 0.106. The van der Waals surface area contributed by atoms with Gasteiger partial charge < -0.3 is 15.0 Å². The summed E-state index contributed by atoms with van der Waals surface area (Å²) in [7, 11) is 1.65. The SMILES string of the molecule is COc1ccc2[nH]cc(CCNC(=O)c3cccnc3)c2c1. The van der Waals surface area contributed by atoms with E-state index in [1.807, 2.05) is 24.4 Å². The molecule has 22 heavy (non-hydrogen) atoms. The number of fused-ring (bicyclic) bond motifs is 1. The van der Waals surface area contributed by atoms with Gasteiger partial charge in [0.2, 0.25) is 0 Å². The van der Waals surface area contributed by atoms with E-state index >= 15 is 0 Å². The Morgan fingerprint density at radius 2 is 2.27 bits per heavy atom. The van der Waals surface area contributed by atoms with Crippen LogP contribution in [0.2, 0.25) is 0 Å². The number of pyridine rings is 1. The third-order valence-electron chi connectivity index (χ3n) is 3.58. The molecule has 0 saturated carbocycles. The number of hydrogen-bond donors (Lipinski definition) is 2. The minimum atomic E-state index is -0.106. The van der Waals surface area contributed by atoms with Crippen LogP contribution in [-0.2, 0) is 6.42 Å². The van der Waals surface area contributed by atoms with Crippen LogP contribution < -0.4 is 10.1 Å². The second kappa shape index (κ2) is 6.30. The van der Waals surface area contributed by atoms with Crippen molar-refractivity contribution in [2.24, 2.45) is 0 Å². The summed E-state index contributed by atoms with van der Waals surface area (Å²) in [5.74, 6) is 0.721. The van der Waals surface area contributed by atoms with Crippen LogP contribution in [0.5, 0.6) is 5.75 Å². The zero-order valence-electron chi connectivity index (χ0n) is 12.3. The Labute approximate surface area is 128 Å². The zero-order valence-corrected chi connectivity index (χ0v) is 12.3. The number of amides is 1. The Morgan fingerprint density at radius 3 is 3.05 bits per heavy atom. The van der Waals surface area contributed by atoms with Gasteiger partial charge in [0.15, 0.2) is 0 Å². The van der Waals surface area contributed by atoms with Gasteiger partial charge >= 0.3 is 0 Å². The highest BCUT2D eigenvalue weighted by molar-refractivity contribution is 5.93. The lowest BCUT2D eigenvalue weighted by molar-refractivity contribution is 0.0954. The lowest BCUT2D eigenvalue weighted by atomic mass is 10.1.